The number of nitro groups is 1. The van der Waals surface area contributed by atoms with Crippen LogP contribution in [0.1, 0.15) is 10.5 Å². The van der Waals surface area contributed by atoms with E-state index in [1.165, 1.54) is 24.3 Å². The van der Waals surface area contributed by atoms with E-state index in [-0.39, 0.29) is 11.4 Å². The molecule has 2 aromatic rings. The van der Waals surface area contributed by atoms with Crippen molar-refractivity contribution in [1.29, 1.82) is 0 Å². The molecule has 0 saturated carbocycles. The first-order chi connectivity index (χ1) is 9.60. The Morgan fingerprint density at radius 2 is 2.00 bits per heavy atom. The number of hydrogen-bond acceptors (Lipinski definition) is 6. The number of hydrogen-bond donors (Lipinski definition) is 3. The SMILES string of the molecule is NNc1cccc(C(=O)Nc2cccc([N+](=O)[O-])c2)n1. The van der Waals surface area contributed by atoms with Crippen molar-refractivity contribution in [2.45, 2.75) is 0 Å². The number of carbonyl (C=O) groups excluding carboxylic acids is 1. The van der Waals surface area contributed by atoms with Gasteiger partial charge in [-0.05, 0) is 18.2 Å². The molecule has 0 fully saturated rings. The lowest BCUT2D eigenvalue weighted by molar-refractivity contribution is -0.384. The van der Waals surface area contributed by atoms with Crippen LogP contribution in [0.15, 0.2) is 42.5 Å². The minimum Gasteiger partial charge on any atom is -0.320 e. The highest BCUT2D eigenvalue weighted by atomic mass is 16.6. The number of benzene rings is 1. The van der Waals surface area contributed by atoms with Crippen LogP contribution in [0.4, 0.5) is 17.2 Å². The number of pyridine rings is 1. The van der Waals surface area contributed by atoms with Gasteiger partial charge in [0, 0.05) is 17.8 Å². The number of nitrogens with one attached hydrogen (secondary N) is 2. The highest BCUT2D eigenvalue weighted by Crippen LogP contribution is 2.17. The van der Waals surface area contributed by atoms with Crippen LogP contribution >= 0.6 is 0 Å². The Bertz CT molecular complexity index is 659. The molecule has 0 aliphatic rings. The third-order valence-electron chi connectivity index (χ3n) is 2.44. The maximum absolute atomic E-state index is 12.0. The van der Waals surface area contributed by atoms with Crippen LogP contribution in [0.2, 0.25) is 0 Å². The van der Waals surface area contributed by atoms with Crippen molar-refractivity contribution in [3.63, 3.8) is 0 Å². The fourth-order valence-electron chi connectivity index (χ4n) is 1.53. The summed E-state index contributed by atoms with van der Waals surface area (Å²) in [4.78, 5) is 26.0. The number of non-ortho nitro benzene ring substituents is 1. The predicted octanol–water partition coefficient (Wildman–Crippen LogP) is 1.53. The zero-order chi connectivity index (χ0) is 14.5. The van der Waals surface area contributed by atoms with E-state index in [9.17, 15) is 14.9 Å². The predicted molar refractivity (Wildman–Crippen MR) is 73.1 cm³/mol. The van der Waals surface area contributed by atoms with Crippen molar-refractivity contribution in [1.82, 2.24) is 4.98 Å². The second-order valence-corrected chi connectivity index (χ2v) is 3.81. The Morgan fingerprint density at radius 3 is 2.70 bits per heavy atom. The molecule has 102 valence electrons. The zero-order valence-electron chi connectivity index (χ0n) is 10.2. The quantitative estimate of drug-likeness (QED) is 0.441. The van der Waals surface area contributed by atoms with E-state index in [2.05, 4.69) is 15.7 Å². The molecule has 0 radical (unpaired) electrons. The second-order valence-electron chi connectivity index (χ2n) is 3.81. The average Bonchev–Trinajstić information content (AvgIpc) is 2.47. The molecular weight excluding hydrogens is 262 g/mol. The van der Waals surface area contributed by atoms with Gasteiger partial charge in [0.2, 0.25) is 0 Å². The van der Waals surface area contributed by atoms with Crippen LogP contribution in [-0.4, -0.2) is 15.8 Å². The maximum Gasteiger partial charge on any atom is 0.274 e. The molecule has 0 saturated heterocycles. The zero-order valence-corrected chi connectivity index (χ0v) is 10.2. The summed E-state index contributed by atoms with van der Waals surface area (Å²) in [6, 6.07) is 10.4. The summed E-state index contributed by atoms with van der Waals surface area (Å²) in [7, 11) is 0. The number of rotatable bonds is 4. The van der Waals surface area contributed by atoms with Crippen molar-refractivity contribution in [2.75, 3.05) is 10.7 Å². The maximum atomic E-state index is 12.0. The Balaban J connectivity index is 2.18. The van der Waals surface area contributed by atoms with E-state index in [1.807, 2.05) is 0 Å². The summed E-state index contributed by atoms with van der Waals surface area (Å²) >= 11 is 0. The number of nitrogens with two attached hydrogens (primary N) is 1. The van der Waals surface area contributed by atoms with Crippen LogP contribution < -0.4 is 16.6 Å². The molecule has 2 rings (SSSR count). The molecule has 4 N–H and O–H groups in total. The molecular formula is C12H11N5O3. The van der Waals surface area contributed by atoms with Crippen LogP contribution in [0.25, 0.3) is 0 Å². The normalized spacial score (nSPS) is 9.85. The second kappa shape index (κ2) is 5.76. The lowest BCUT2D eigenvalue weighted by atomic mass is 10.2. The number of nitrogens with zero attached hydrogens (tertiary/aromatic N) is 2. The minimum atomic E-state index is -0.535. The molecule has 1 aromatic heterocycles. The topological polar surface area (TPSA) is 123 Å². The van der Waals surface area contributed by atoms with Crippen LogP contribution in [-0.2, 0) is 0 Å². The Labute approximate surface area is 113 Å². The summed E-state index contributed by atoms with van der Waals surface area (Å²) in [5.41, 5.74) is 2.69. The van der Waals surface area contributed by atoms with Gasteiger partial charge in [0.05, 0.1) is 4.92 Å². The van der Waals surface area contributed by atoms with Gasteiger partial charge in [-0.25, -0.2) is 10.8 Å². The van der Waals surface area contributed by atoms with E-state index < -0.39 is 10.8 Å². The molecule has 0 atom stereocenters. The number of anilines is 2. The monoisotopic (exact) mass is 273 g/mol. The molecule has 0 unspecified atom stereocenters. The van der Waals surface area contributed by atoms with E-state index in [0.717, 1.165) is 0 Å². The summed E-state index contributed by atoms with van der Waals surface area (Å²) in [5, 5.41) is 13.2. The van der Waals surface area contributed by atoms with Gasteiger partial charge in [-0.3, -0.25) is 14.9 Å². The third-order valence-corrected chi connectivity index (χ3v) is 2.44. The summed E-state index contributed by atoms with van der Waals surface area (Å²) in [6.45, 7) is 0. The molecule has 20 heavy (non-hydrogen) atoms. The summed E-state index contributed by atoms with van der Waals surface area (Å²) in [6.07, 6.45) is 0. The Kier molecular flexibility index (Phi) is 3.87. The van der Waals surface area contributed by atoms with Crippen LogP contribution in [0, 0.1) is 10.1 Å². The van der Waals surface area contributed by atoms with Crippen molar-refractivity contribution in [2.24, 2.45) is 5.84 Å². The first kappa shape index (κ1) is 13.4. The lowest BCUT2D eigenvalue weighted by Crippen LogP contribution is -2.16. The number of nitro benzene ring substituents is 1. The first-order valence-corrected chi connectivity index (χ1v) is 5.59. The van der Waals surface area contributed by atoms with Gasteiger partial charge >= 0.3 is 0 Å². The molecule has 8 heteroatoms. The van der Waals surface area contributed by atoms with E-state index >= 15 is 0 Å². The average molecular weight is 273 g/mol. The molecule has 0 aliphatic heterocycles. The van der Waals surface area contributed by atoms with Crippen LogP contribution in [0.3, 0.4) is 0 Å². The Morgan fingerprint density at radius 1 is 1.25 bits per heavy atom. The largest absolute Gasteiger partial charge is 0.320 e. The van der Waals surface area contributed by atoms with E-state index in [0.29, 0.717) is 11.5 Å². The molecule has 0 bridgehead atoms. The smallest absolute Gasteiger partial charge is 0.274 e. The van der Waals surface area contributed by atoms with E-state index in [1.54, 1.807) is 18.2 Å². The fourth-order valence-corrected chi connectivity index (χ4v) is 1.53. The molecule has 0 aliphatic carbocycles. The number of hydrazine groups is 1. The van der Waals surface area contributed by atoms with E-state index in [4.69, 9.17) is 5.84 Å². The number of aromatic nitrogens is 1. The number of carbonyl (C=O) groups is 1. The number of amides is 1. The van der Waals surface area contributed by atoms with Gasteiger partial charge in [-0.15, -0.1) is 0 Å². The molecule has 1 amide bonds. The summed E-state index contributed by atoms with van der Waals surface area (Å²) in [5.74, 6) is 5.07. The van der Waals surface area contributed by atoms with Crippen molar-refractivity contribution >= 4 is 23.1 Å². The highest BCUT2D eigenvalue weighted by Gasteiger charge is 2.11. The highest BCUT2D eigenvalue weighted by molar-refractivity contribution is 6.03. The summed E-state index contributed by atoms with van der Waals surface area (Å²) < 4.78 is 0. The van der Waals surface area contributed by atoms with Gasteiger partial charge < -0.3 is 10.7 Å². The van der Waals surface area contributed by atoms with Gasteiger partial charge in [-0.2, -0.15) is 0 Å². The number of nitrogen functional groups attached to an aromatic ring is 1. The van der Waals surface area contributed by atoms with Crippen molar-refractivity contribution in [3.8, 4) is 0 Å². The molecule has 1 heterocycles. The molecule has 0 spiro atoms. The van der Waals surface area contributed by atoms with Crippen LogP contribution in [0.5, 0.6) is 0 Å². The van der Waals surface area contributed by atoms with Gasteiger partial charge in [-0.1, -0.05) is 12.1 Å². The molecule has 1 aromatic carbocycles. The fraction of sp³-hybridized carbons (Fsp3) is 0. The Hall–Kier alpha value is -3.00. The van der Waals surface area contributed by atoms with Crippen molar-refractivity contribution in [3.05, 3.63) is 58.3 Å². The first-order valence-electron chi connectivity index (χ1n) is 5.59. The van der Waals surface area contributed by atoms with Gasteiger partial charge in [0.25, 0.3) is 11.6 Å². The standard InChI is InChI=1S/C12H11N5O3/c13-16-11-6-2-5-10(15-11)12(18)14-8-3-1-4-9(7-8)17(19)20/h1-7H,13H2,(H,14,18)(H,15,16). The van der Waals surface area contributed by atoms with Gasteiger partial charge in [0.1, 0.15) is 11.5 Å². The third kappa shape index (κ3) is 3.06. The van der Waals surface area contributed by atoms with Gasteiger partial charge in [0.15, 0.2) is 0 Å². The van der Waals surface area contributed by atoms with Crippen molar-refractivity contribution < 1.29 is 9.72 Å². The molecule has 8 nitrogen and oxygen atoms in total. The lowest BCUT2D eigenvalue weighted by Gasteiger charge is -2.05. The minimum absolute atomic E-state index is 0.104.